The van der Waals surface area contributed by atoms with Crippen molar-refractivity contribution in [1.82, 2.24) is 5.32 Å². The summed E-state index contributed by atoms with van der Waals surface area (Å²) < 4.78 is 1.15. The highest BCUT2D eigenvalue weighted by Gasteiger charge is 2.20. The van der Waals surface area contributed by atoms with Crippen molar-refractivity contribution >= 4 is 27.7 Å². The van der Waals surface area contributed by atoms with Gasteiger partial charge in [-0.2, -0.15) is 0 Å². The molecule has 1 nitrogen and oxygen atoms in total. The first-order valence-electron chi connectivity index (χ1n) is 6.51. The van der Waals surface area contributed by atoms with Crippen LogP contribution in [0.3, 0.4) is 0 Å². The third-order valence-electron chi connectivity index (χ3n) is 3.30. The number of hydrogen-bond acceptors (Lipinski definition) is 2. The van der Waals surface area contributed by atoms with Gasteiger partial charge in [-0.1, -0.05) is 46.3 Å². The minimum Gasteiger partial charge on any atom is -0.312 e. The second kappa shape index (κ2) is 6.12. The van der Waals surface area contributed by atoms with Crippen molar-refractivity contribution in [2.24, 2.45) is 0 Å². The van der Waals surface area contributed by atoms with Gasteiger partial charge in [0.1, 0.15) is 0 Å². The van der Waals surface area contributed by atoms with E-state index >= 15 is 0 Å². The first-order chi connectivity index (χ1) is 9.31. The quantitative estimate of drug-likeness (QED) is 0.897. The molecule has 1 unspecified atom stereocenters. The Morgan fingerprint density at radius 1 is 1.16 bits per heavy atom. The van der Waals surface area contributed by atoms with Crippen molar-refractivity contribution < 1.29 is 0 Å². The van der Waals surface area contributed by atoms with Crippen LogP contribution in [0.25, 0.3) is 0 Å². The van der Waals surface area contributed by atoms with Crippen molar-refractivity contribution in [3.63, 3.8) is 0 Å². The van der Waals surface area contributed by atoms with Crippen molar-refractivity contribution in [3.05, 3.63) is 64.1 Å². The number of hydrogen-bond donors (Lipinski definition) is 1. The van der Waals surface area contributed by atoms with Gasteiger partial charge in [-0.15, -0.1) is 11.8 Å². The molecule has 1 heterocycles. The first kappa shape index (κ1) is 13.2. The molecule has 2 aromatic rings. The van der Waals surface area contributed by atoms with E-state index < -0.39 is 0 Å². The molecule has 0 saturated carbocycles. The molecule has 0 aliphatic carbocycles. The first-order valence-corrected chi connectivity index (χ1v) is 8.18. The third-order valence-corrected chi connectivity index (χ3v) is 5.12. The number of halogens is 1. The van der Waals surface area contributed by atoms with Gasteiger partial charge in [0.05, 0.1) is 0 Å². The van der Waals surface area contributed by atoms with E-state index in [9.17, 15) is 0 Å². The molecule has 0 fully saturated rings. The van der Waals surface area contributed by atoms with E-state index in [4.69, 9.17) is 0 Å². The lowest BCUT2D eigenvalue weighted by Crippen LogP contribution is -2.23. The van der Waals surface area contributed by atoms with Crippen LogP contribution in [-0.4, -0.2) is 11.8 Å². The topological polar surface area (TPSA) is 12.0 Å². The zero-order valence-electron chi connectivity index (χ0n) is 10.6. The van der Waals surface area contributed by atoms with Crippen LogP contribution in [0.1, 0.15) is 11.1 Å². The highest BCUT2D eigenvalue weighted by molar-refractivity contribution is 9.10. The van der Waals surface area contributed by atoms with Gasteiger partial charge in [0.15, 0.2) is 0 Å². The Hall–Kier alpha value is -0.770. The van der Waals surface area contributed by atoms with Gasteiger partial charge < -0.3 is 5.32 Å². The van der Waals surface area contributed by atoms with E-state index in [2.05, 4.69) is 69.8 Å². The van der Waals surface area contributed by atoms with Crippen LogP contribution in [0.4, 0.5) is 0 Å². The fraction of sp³-hybridized carbons (Fsp3) is 0.250. The minimum absolute atomic E-state index is 0.671. The van der Waals surface area contributed by atoms with Gasteiger partial charge >= 0.3 is 0 Å². The predicted octanol–water partition coefficient (Wildman–Crippen LogP) is 4.26. The van der Waals surface area contributed by atoms with Gasteiger partial charge in [0.2, 0.25) is 0 Å². The van der Waals surface area contributed by atoms with Crippen LogP contribution < -0.4 is 5.32 Å². The van der Waals surface area contributed by atoms with Gasteiger partial charge in [-0.05, 0) is 35.7 Å². The molecular weight excluding hydrogens is 318 g/mol. The van der Waals surface area contributed by atoms with Gasteiger partial charge in [-0.3, -0.25) is 0 Å². The lowest BCUT2D eigenvalue weighted by molar-refractivity contribution is 0.665. The lowest BCUT2D eigenvalue weighted by Gasteiger charge is -2.10. The highest BCUT2D eigenvalue weighted by Crippen LogP contribution is 2.36. The standard InChI is InChI=1S/C16H16BrNS/c17-14-6-3-4-12(8-14)10-18-11-15-9-13-5-1-2-7-16(13)19-15/h1-8,15,18H,9-11H2. The monoisotopic (exact) mass is 333 g/mol. The van der Waals surface area contributed by atoms with Crippen LogP contribution in [0.5, 0.6) is 0 Å². The highest BCUT2D eigenvalue weighted by atomic mass is 79.9. The summed E-state index contributed by atoms with van der Waals surface area (Å²) in [5.74, 6) is 0. The number of fused-ring (bicyclic) bond motifs is 1. The van der Waals surface area contributed by atoms with E-state index in [0.717, 1.165) is 17.6 Å². The third kappa shape index (κ3) is 3.41. The SMILES string of the molecule is Brc1cccc(CNCC2Cc3ccccc3S2)c1. The molecule has 1 aliphatic heterocycles. The second-order valence-corrected chi connectivity index (χ2v) is 7.07. The molecule has 0 bridgehead atoms. The van der Waals surface area contributed by atoms with Crippen LogP contribution >= 0.6 is 27.7 Å². The average molecular weight is 334 g/mol. The second-order valence-electron chi connectivity index (χ2n) is 4.81. The van der Waals surface area contributed by atoms with Crippen molar-refractivity contribution in [2.45, 2.75) is 23.1 Å². The molecule has 0 aromatic heterocycles. The van der Waals surface area contributed by atoms with E-state index in [0.29, 0.717) is 5.25 Å². The normalized spacial score (nSPS) is 17.4. The Kier molecular flexibility index (Phi) is 4.26. The minimum atomic E-state index is 0.671. The fourth-order valence-electron chi connectivity index (χ4n) is 2.39. The largest absolute Gasteiger partial charge is 0.312 e. The summed E-state index contributed by atoms with van der Waals surface area (Å²) in [5.41, 5.74) is 2.83. The van der Waals surface area contributed by atoms with E-state index in [1.165, 1.54) is 22.4 Å². The van der Waals surface area contributed by atoms with Crippen LogP contribution in [0.2, 0.25) is 0 Å². The molecule has 1 aliphatic rings. The number of nitrogens with one attached hydrogen (secondary N) is 1. The summed E-state index contributed by atoms with van der Waals surface area (Å²) in [6.07, 6.45) is 1.19. The Morgan fingerprint density at radius 2 is 2.05 bits per heavy atom. The molecule has 19 heavy (non-hydrogen) atoms. The average Bonchev–Trinajstić information content (AvgIpc) is 2.81. The summed E-state index contributed by atoms with van der Waals surface area (Å²) in [6.45, 7) is 2.00. The maximum Gasteiger partial charge on any atom is 0.0260 e. The maximum absolute atomic E-state index is 3.56. The number of benzene rings is 2. The molecule has 0 amide bonds. The molecule has 1 atom stereocenters. The summed E-state index contributed by atoms with van der Waals surface area (Å²) in [7, 11) is 0. The molecule has 2 aromatic carbocycles. The molecule has 3 rings (SSSR count). The Morgan fingerprint density at radius 3 is 2.89 bits per heavy atom. The number of thioether (sulfide) groups is 1. The summed E-state index contributed by atoms with van der Waals surface area (Å²) in [6, 6.07) is 17.2. The van der Waals surface area contributed by atoms with Crippen LogP contribution in [0.15, 0.2) is 57.9 Å². The smallest absolute Gasteiger partial charge is 0.0260 e. The molecule has 0 radical (unpaired) electrons. The summed E-state index contributed by atoms with van der Waals surface area (Å²) in [5, 5.41) is 4.23. The van der Waals surface area contributed by atoms with Crippen molar-refractivity contribution in [1.29, 1.82) is 0 Å². The molecule has 1 N–H and O–H groups in total. The molecule has 98 valence electrons. The summed E-state index contributed by atoms with van der Waals surface area (Å²) in [4.78, 5) is 1.46. The van der Waals surface area contributed by atoms with Crippen molar-refractivity contribution in [2.75, 3.05) is 6.54 Å². The van der Waals surface area contributed by atoms with Gasteiger partial charge in [0.25, 0.3) is 0 Å². The Balaban J connectivity index is 1.50. The summed E-state index contributed by atoms with van der Waals surface area (Å²) >= 11 is 5.51. The molecule has 3 heteroatoms. The van der Waals surface area contributed by atoms with Crippen LogP contribution in [-0.2, 0) is 13.0 Å². The van der Waals surface area contributed by atoms with Crippen molar-refractivity contribution in [3.8, 4) is 0 Å². The Bertz CT molecular complexity index is 545. The van der Waals surface area contributed by atoms with Crippen LogP contribution in [0, 0.1) is 0 Å². The molecular formula is C16H16BrNS. The van der Waals surface area contributed by atoms with E-state index in [1.807, 2.05) is 11.8 Å². The zero-order chi connectivity index (χ0) is 13.1. The lowest BCUT2D eigenvalue weighted by atomic mass is 10.1. The predicted molar refractivity (Wildman–Crippen MR) is 85.6 cm³/mol. The van der Waals surface area contributed by atoms with Gasteiger partial charge in [-0.25, -0.2) is 0 Å². The molecule has 0 saturated heterocycles. The molecule has 0 spiro atoms. The van der Waals surface area contributed by atoms with E-state index in [-0.39, 0.29) is 0 Å². The number of rotatable bonds is 4. The van der Waals surface area contributed by atoms with Gasteiger partial charge in [0, 0.05) is 27.7 Å². The fourth-order valence-corrected chi connectivity index (χ4v) is 4.12. The zero-order valence-corrected chi connectivity index (χ0v) is 13.0. The Labute approximate surface area is 126 Å². The van der Waals surface area contributed by atoms with E-state index in [1.54, 1.807) is 0 Å². The maximum atomic E-state index is 3.56.